The molecular formula is C15H21N3O3. The number of aromatic nitrogens is 2. The molecule has 6 nitrogen and oxygen atoms in total. The molecule has 0 saturated heterocycles. The Morgan fingerprint density at radius 1 is 1.19 bits per heavy atom. The van der Waals surface area contributed by atoms with Crippen molar-refractivity contribution in [2.24, 2.45) is 11.7 Å². The topological polar surface area (TPSA) is 83.4 Å². The molecule has 6 heteroatoms. The van der Waals surface area contributed by atoms with Crippen molar-refractivity contribution in [2.45, 2.75) is 26.3 Å². The first kappa shape index (κ1) is 15.3. The molecule has 1 heterocycles. The van der Waals surface area contributed by atoms with E-state index < -0.39 is 0 Å². The monoisotopic (exact) mass is 291 g/mol. The van der Waals surface area contributed by atoms with Crippen LogP contribution in [0.25, 0.3) is 11.4 Å². The van der Waals surface area contributed by atoms with Crippen molar-refractivity contribution in [3.63, 3.8) is 0 Å². The summed E-state index contributed by atoms with van der Waals surface area (Å²) in [6.45, 7) is 4.13. The molecule has 0 aliphatic carbocycles. The van der Waals surface area contributed by atoms with Crippen molar-refractivity contribution >= 4 is 0 Å². The molecule has 0 fully saturated rings. The van der Waals surface area contributed by atoms with Gasteiger partial charge in [0.1, 0.15) is 0 Å². The summed E-state index contributed by atoms with van der Waals surface area (Å²) in [4.78, 5) is 4.38. The first-order valence-electron chi connectivity index (χ1n) is 6.85. The highest BCUT2D eigenvalue weighted by molar-refractivity contribution is 5.60. The Morgan fingerprint density at radius 2 is 1.90 bits per heavy atom. The highest BCUT2D eigenvalue weighted by atomic mass is 16.5. The Kier molecular flexibility index (Phi) is 4.80. The van der Waals surface area contributed by atoms with E-state index in [4.69, 9.17) is 19.7 Å². The molecule has 0 bridgehead atoms. The zero-order valence-electron chi connectivity index (χ0n) is 12.8. The summed E-state index contributed by atoms with van der Waals surface area (Å²) in [5, 5.41) is 3.99. The molecule has 2 rings (SSSR count). The molecule has 1 atom stereocenters. The van der Waals surface area contributed by atoms with Crippen LogP contribution in [0.3, 0.4) is 0 Å². The number of nitrogens with two attached hydrogens (primary N) is 1. The lowest BCUT2D eigenvalue weighted by molar-refractivity contribution is 0.352. The van der Waals surface area contributed by atoms with Gasteiger partial charge in [0.25, 0.3) is 0 Å². The average molecular weight is 291 g/mol. The maximum Gasteiger partial charge on any atom is 0.228 e. The Bertz CT molecular complexity index is 596. The predicted octanol–water partition coefficient (Wildman–Crippen LogP) is 2.28. The maximum atomic E-state index is 6.02. The van der Waals surface area contributed by atoms with E-state index in [1.165, 1.54) is 0 Å². The number of ether oxygens (including phenoxy) is 2. The molecule has 21 heavy (non-hydrogen) atoms. The van der Waals surface area contributed by atoms with Gasteiger partial charge in [-0.2, -0.15) is 4.98 Å². The minimum atomic E-state index is 0.00343. The Hall–Kier alpha value is -2.08. The normalized spacial score (nSPS) is 12.5. The summed E-state index contributed by atoms with van der Waals surface area (Å²) in [6, 6.07) is 5.49. The zero-order chi connectivity index (χ0) is 15.4. The van der Waals surface area contributed by atoms with Gasteiger partial charge in [-0.25, -0.2) is 0 Å². The van der Waals surface area contributed by atoms with Gasteiger partial charge in [0, 0.05) is 18.0 Å². The van der Waals surface area contributed by atoms with Crippen LogP contribution in [0.4, 0.5) is 0 Å². The quantitative estimate of drug-likeness (QED) is 0.879. The number of hydrogen-bond acceptors (Lipinski definition) is 6. The van der Waals surface area contributed by atoms with Crippen LogP contribution >= 0.6 is 0 Å². The smallest absolute Gasteiger partial charge is 0.228 e. The predicted molar refractivity (Wildman–Crippen MR) is 79.4 cm³/mol. The summed E-state index contributed by atoms with van der Waals surface area (Å²) in [6.07, 6.45) is 0.567. The molecule has 0 amide bonds. The van der Waals surface area contributed by atoms with Gasteiger partial charge in [-0.15, -0.1) is 0 Å². The minimum absolute atomic E-state index is 0.00343. The van der Waals surface area contributed by atoms with E-state index in [0.717, 1.165) is 5.56 Å². The summed E-state index contributed by atoms with van der Waals surface area (Å²) < 4.78 is 15.7. The second-order valence-corrected chi connectivity index (χ2v) is 5.19. The van der Waals surface area contributed by atoms with E-state index in [2.05, 4.69) is 24.0 Å². The molecule has 0 spiro atoms. The molecule has 114 valence electrons. The number of benzene rings is 1. The molecule has 0 aliphatic rings. The van der Waals surface area contributed by atoms with E-state index in [0.29, 0.717) is 35.6 Å². The fourth-order valence-electron chi connectivity index (χ4n) is 1.87. The molecule has 1 aromatic heterocycles. The zero-order valence-corrected chi connectivity index (χ0v) is 12.8. The summed E-state index contributed by atoms with van der Waals surface area (Å²) in [7, 11) is 3.18. The van der Waals surface area contributed by atoms with Crippen LogP contribution < -0.4 is 15.2 Å². The van der Waals surface area contributed by atoms with Gasteiger partial charge in [-0.05, 0) is 24.1 Å². The van der Waals surface area contributed by atoms with Gasteiger partial charge < -0.3 is 19.7 Å². The van der Waals surface area contributed by atoms with Gasteiger partial charge in [0.05, 0.1) is 14.2 Å². The highest BCUT2D eigenvalue weighted by Gasteiger charge is 2.16. The van der Waals surface area contributed by atoms with Crippen molar-refractivity contribution in [3.05, 3.63) is 24.1 Å². The van der Waals surface area contributed by atoms with E-state index in [9.17, 15) is 0 Å². The maximum absolute atomic E-state index is 6.02. The standard InChI is InChI=1S/C15H21N3O3/c1-9(2)11(16)8-14-17-15(18-21-14)10-5-6-12(19-3)13(7-10)20-4/h5-7,9,11H,8,16H2,1-4H3. The highest BCUT2D eigenvalue weighted by Crippen LogP contribution is 2.31. The number of rotatable bonds is 6. The number of hydrogen-bond donors (Lipinski definition) is 1. The molecule has 1 aromatic carbocycles. The lowest BCUT2D eigenvalue weighted by Crippen LogP contribution is -2.28. The van der Waals surface area contributed by atoms with Crippen LogP contribution in [-0.4, -0.2) is 30.4 Å². The number of methoxy groups -OCH3 is 2. The largest absolute Gasteiger partial charge is 0.493 e. The van der Waals surface area contributed by atoms with Crippen molar-refractivity contribution in [2.75, 3.05) is 14.2 Å². The molecule has 2 N–H and O–H groups in total. The molecule has 0 aliphatic heterocycles. The SMILES string of the molecule is COc1ccc(-c2noc(CC(N)C(C)C)n2)cc1OC. The van der Waals surface area contributed by atoms with E-state index in [1.807, 2.05) is 18.2 Å². The summed E-state index contributed by atoms with van der Waals surface area (Å²) >= 11 is 0. The van der Waals surface area contributed by atoms with Crippen molar-refractivity contribution in [1.29, 1.82) is 0 Å². The third kappa shape index (κ3) is 3.52. The van der Waals surface area contributed by atoms with Gasteiger partial charge in [0.2, 0.25) is 11.7 Å². The van der Waals surface area contributed by atoms with Crippen LogP contribution in [0.15, 0.2) is 22.7 Å². The second kappa shape index (κ2) is 6.58. The van der Waals surface area contributed by atoms with Crippen LogP contribution in [0.2, 0.25) is 0 Å². The first-order chi connectivity index (χ1) is 10.0. The van der Waals surface area contributed by atoms with E-state index in [1.54, 1.807) is 14.2 Å². The third-order valence-electron chi connectivity index (χ3n) is 3.38. The van der Waals surface area contributed by atoms with Crippen LogP contribution in [0, 0.1) is 5.92 Å². The Labute approximate surface area is 124 Å². The van der Waals surface area contributed by atoms with E-state index in [-0.39, 0.29) is 6.04 Å². The second-order valence-electron chi connectivity index (χ2n) is 5.19. The molecular weight excluding hydrogens is 270 g/mol. The van der Waals surface area contributed by atoms with Crippen LogP contribution in [0.5, 0.6) is 11.5 Å². The van der Waals surface area contributed by atoms with Gasteiger partial charge in [-0.1, -0.05) is 19.0 Å². The van der Waals surface area contributed by atoms with Crippen molar-refractivity contribution in [1.82, 2.24) is 10.1 Å². The molecule has 1 unspecified atom stereocenters. The van der Waals surface area contributed by atoms with Gasteiger partial charge >= 0.3 is 0 Å². The average Bonchev–Trinajstić information content (AvgIpc) is 2.94. The minimum Gasteiger partial charge on any atom is -0.493 e. The van der Waals surface area contributed by atoms with E-state index >= 15 is 0 Å². The number of nitrogens with zero attached hydrogens (tertiary/aromatic N) is 2. The molecule has 2 aromatic rings. The molecule has 0 saturated carbocycles. The Morgan fingerprint density at radius 3 is 2.52 bits per heavy atom. The lowest BCUT2D eigenvalue weighted by atomic mass is 10.0. The first-order valence-corrected chi connectivity index (χ1v) is 6.85. The molecule has 0 radical (unpaired) electrons. The van der Waals surface area contributed by atoms with Crippen LogP contribution in [-0.2, 0) is 6.42 Å². The lowest BCUT2D eigenvalue weighted by Gasteiger charge is -2.11. The van der Waals surface area contributed by atoms with Crippen molar-refractivity contribution in [3.8, 4) is 22.9 Å². The van der Waals surface area contributed by atoms with Gasteiger partial charge in [-0.3, -0.25) is 0 Å². The summed E-state index contributed by atoms with van der Waals surface area (Å²) in [5.74, 6) is 2.70. The fourth-order valence-corrected chi connectivity index (χ4v) is 1.87. The van der Waals surface area contributed by atoms with Crippen LogP contribution in [0.1, 0.15) is 19.7 Å². The Balaban J connectivity index is 2.21. The summed E-state index contributed by atoms with van der Waals surface area (Å²) in [5.41, 5.74) is 6.82. The van der Waals surface area contributed by atoms with Gasteiger partial charge in [0.15, 0.2) is 11.5 Å². The fraction of sp³-hybridized carbons (Fsp3) is 0.467. The third-order valence-corrected chi connectivity index (χ3v) is 3.38. The van der Waals surface area contributed by atoms with Crippen molar-refractivity contribution < 1.29 is 14.0 Å².